The maximum Gasteiger partial charge on any atom is 0.203 e. The number of furan rings is 1. The molecule has 0 bridgehead atoms. The average molecular weight is 224 g/mol. The van der Waals surface area contributed by atoms with Gasteiger partial charge in [-0.1, -0.05) is 6.92 Å². The van der Waals surface area contributed by atoms with Crippen molar-refractivity contribution in [2.75, 3.05) is 18.6 Å². The SMILES string of the molecule is CSCC(C)CNCc1ccc(C#N)o1. The topological polar surface area (TPSA) is 49.0 Å². The van der Waals surface area contributed by atoms with Crippen molar-refractivity contribution in [3.63, 3.8) is 0 Å². The lowest BCUT2D eigenvalue weighted by atomic mass is 10.2. The fraction of sp³-hybridized carbons (Fsp3) is 0.545. The number of nitrogens with one attached hydrogen (secondary N) is 1. The molecule has 82 valence electrons. The van der Waals surface area contributed by atoms with Gasteiger partial charge in [-0.15, -0.1) is 0 Å². The van der Waals surface area contributed by atoms with Crippen molar-refractivity contribution in [3.05, 3.63) is 23.7 Å². The van der Waals surface area contributed by atoms with E-state index in [1.54, 1.807) is 6.07 Å². The van der Waals surface area contributed by atoms with Crippen LogP contribution < -0.4 is 5.32 Å². The first-order chi connectivity index (χ1) is 7.26. The van der Waals surface area contributed by atoms with Crippen LogP contribution in [0.5, 0.6) is 0 Å². The third-order valence-corrected chi connectivity index (χ3v) is 2.92. The summed E-state index contributed by atoms with van der Waals surface area (Å²) in [5.74, 6) is 3.02. The molecule has 4 heteroatoms. The van der Waals surface area contributed by atoms with Gasteiger partial charge < -0.3 is 9.73 Å². The van der Waals surface area contributed by atoms with Gasteiger partial charge in [0.25, 0.3) is 0 Å². The van der Waals surface area contributed by atoms with Crippen LogP contribution in [0.4, 0.5) is 0 Å². The van der Waals surface area contributed by atoms with Crippen molar-refractivity contribution in [2.24, 2.45) is 5.92 Å². The third kappa shape index (κ3) is 4.41. The van der Waals surface area contributed by atoms with Crippen LogP contribution in [0.25, 0.3) is 0 Å². The van der Waals surface area contributed by atoms with Gasteiger partial charge in [0.05, 0.1) is 6.54 Å². The molecule has 0 saturated heterocycles. The first kappa shape index (κ1) is 12.2. The minimum atomic E-state index is 0.379. The zero-order chi connectivity index (χ0) is 11.1. The molecular weight excluding hydrogens is 208 g/mol. The Morgan fingerprint density at radius 1 is 1.60 bits per heavy atom. The molecule has 0 amide bonds. The summed E-state index contributed by atoms with van der Waals surface area (Å²) in [5, 5.41) is 11.9. The predicted molar refractivity (Wildman–Crippen MR) is 62.7 cm³/mol. The van der Waals surface area contributed by atoms with Crippen molar-refractivity contribution in [1.82, 2.24) is 5.32 Å². The quantitative estimate of drug-likeness (QED) is 0.805. The smallest absolute Gasteiger partial charge is 0.203 e. The van der Waals surface area contributed by atoms with E-state index in [0.717, 1.165) is 18.1 Å². The van der Waals surface area contributed by atoms with E-state index in [-0.39, 0.29) is 0 Å². The second-order valence-electron chi connectivity index (χ2n) is 3.57. The molecule has 0 saturated carbocycles. The summed E-state index contributed by atoms with van der Waals surface area (Å²) in [6.45, 7) is 3.89. The molecule has 0 aliphatic heterocycles. The molecule has 0 aliphatic carbocycles. The van der Waals surface area contributed by atoms with Gasteiger partial charge in [-0.2, -0.15) is 17.0 Å². The maximum absolute atomic E-state index is 8.57. The van der Waals surface area contributed by atoms with Gasteiger partial charge >= 0.3 is 0 Å². The largest absolute Gasteiger partial charge is 0.449 e. The molecule has 1 heterocycles. The molecule has 0 spiro atoms. The Morgan fingerprint density at radius 2 is 2.40 bits per heavy atom. The second kappa shape index (κ2) is 6.54. The molecule has 15 heavy (non-hydrogen) atoms. The minimum absolute atomic E-state index is 0.379. The van der Waals surface area contributed by atoms with Gasteiger partial charge in [-0.25, -0.2) is 0 Å². The molecular formula is C11H16N2OS. The zero-order valence-electron chi connectivity index (χ0n) is 9.12. The van der Waals surface area contributed by atoms with E-state index >= 15 is 0 Å². The lowest BCUT2D eigenvalue weighted by Crippen LogP contribution is -2.21. The first-order valence-electron chi connectivity index (χ1n) is 4.94. The maximum atomic E-state index is 8.57. The van der Waals surface area contributed by atoms with Crippen molar-refractivity contribution in [3.8, 4) is 6.07 Å². The lowest BCUT2D eigenvalue weighted by molar-refractivity contribution is 0.459. The Hall–Kier alpha value is -0.920. The van der Waals surface area contributed by atoms with Gasteiger partial charge in [0.2, 0.25) is 5.76 Å². The van der Waals surface area contributed by atoms with Crippen LogP contribution in [0.2, 0.25) is 0 Å². The van der Waals surface area contributed by atoms with Crippen LogP contribution in [0, 0.1) is 17.2 Å². The Labute approximate surface area is 94.8 Å². The number of hydrogen-bond acceptors (Lipinski definition) is 4. The van der Waals surface area contributed by atoms with Gasteiger partial charge in [0.1, 0.15) is 11.8 Å². The Bertz CT molecular complexity index is 330. The summed E-state index contributed by atoms with van der Waals surface area (Å²) in [7, 11) is 0. The summed E-state index contributed by atoms with van der Waals surface area (Å²) < 4.78 is 5.25. The van der Waals surface area contributed by atoms with E-state index in [9.17, 15) is 0 Å². The summed E-state index contributed by atoms with van der Waals surface area (Å²) >= 11 is 1.86. The molecule has 1 unspecified atom stereocenters. The summed E-state index contributed by atoms with van der Waals surface area (Å²) in [4.78, 5) is 0. The van der Waals surface area contributed by atoms with Crippen molar-refractivity contribution >= 4 is 11.8 Å². The van der Waals surface area contributed by atoms with Gasteiger partial charge in [0.15, 0.2) is 0 Å². The highest BCUT2D eigenvalue weighted by Crippen LogP contribution is 2.07. The number of hydrogen-bond donors (Lipinski definition) is 1. The van der Waals surface area contributed by atoms with E-state index in [2.05, 4.69) is 18.5 Å². The zero-order valence-corrected chi connectivity index (χ0v) is 9.93. The van der Waals surface area contributed by atoms with Crippen molar-refractivity contribution in [1.29, 1.82) is 5.26 Å². The Morgan fingerprint density at radius 3 is 3.00 bits per heavy atom. The highest BCUT2D eigenvalue weighted by atomic mass is 32.2. The summed E-state index contributed by atoms with van der Waals surface area (Å²) in [5.41, 5.74) is 0. The van der Waals surface area contributed by atoms with Gasteiger partial charge in [-0.05, 0) is 36.6 Å². The molecule has 0 aliphatic rings. The standard InChI is InChI=1S/C11H16N2OS/c1-9(8-15-2)6-13-7-11-4-3-10(5-12)14-11/h3-4,9,13H,6-8H2,1-2H3. The number of nitriles is 1. The molecule has 0 fully saturated rings. The van der Waals surface area contributed by atoms with E-state index in [1.807, 2.05) is 23.9 Å². The Balaban J connectivity index is 2.23. The highest BCUT2D eigenvalue weighted by Gasteiger charge is 2.03. The molecule has 3 nitrogen and oxygen atoms in total. The molecule has 1 N–H and O–H groups in total. The van der Waals surface area contributed by atoms with E-state index in [0.29, 0.717) is 18.2 Å². The third-order valence-electron chi connectivity index (χ3n) is 2.02. The monoisotopic (exact) mass is 224 g/mol. The second-order valence-corrected chi connectivity index (χ2v) is 4.48. The fourth-order valence-electron chi connectivity index (χ4n) is 1.32. The van der Waals surface area contributed by atoms with Gasteiger partial charge in [-0.3, -0.25) is 0 Å². The molecule has 0 radical (unpaired) electrons. The molecule has 1 aromatic heterocycles. The first-order valence-corrected chi connectivity index (χ1v) is 6.34. The van der Waals surface area contributed by atoms with Crippen LogP contribution >= 0.6 is 11.8 Å². The number of thioether (sulfide) groups is 1. The van der Waals surface area contributed by atoms with Crippen molar-refractivity contribution < 1.29 is 4.42 Å². The van der Waals surface area contributed by atoms with E-state index in [1.165, 1.54) is 0 Å². The van der Waals surface area contributed by atoms with Crippen LogP contribution in [-0.4, -0.2) is 18.6 Å². The lowest BCUT2D eigenvalue weighted by Gasteiger charge is -2.09. The van der Waals surface area contributed by atoms with Crippen LogP contribution in [-0.2, 0) is 6.54 Å². The van der Waals surface area contributed by atoms with Crippen LogP contribution in [0.1, 0.15) is 18.4 Å². The fourth-order valence-corrected chi connectivity index (χ4v) is 2.01. The van der Waals surface area contributed by atoms with E-state index in [4.69, 9.17) is 9.68 Å². The predicted octanol–water partition coefficient (Wildman–Crippen LogP) is 2.24. The molecule has 1 atom stereocenters. The number of rotatable bonds is 6. The number of nitrogens with zero attached hydrogens (tertiary/aromatic N) is 1. The summed E-state index contributed by atoms with van der Waals surface area (Å²) in [6, 6.07) is 5.50. The molecule has 1 rings (SSSR count). The minimum Gasteiger partial charge on any atom is -0.449 e. The Kier molecular flexibility index (Phi) is 5.30. The normalized spacial score (nSPS) is 12.3. The van der Waals surface area contributed by atoms with Gasteiger partial charge in [0, 0.05) is 0 Å². The highest BCUT2D eigenvalue weighted by molar-refractivity contribution is 7.98. The summed E-state index contributed by atoms with van der Waals surface area (Å²) in [6.07, 6.45) is 2.11. The van der Waals surface area contributed by atoms with E-state index < -0.39 is 0 Å². The molecule has 0 aromatic carbocycles. The molecule has 1 aromatic rings. The van der Waals surface area contributed by atoms with Crippen LogP contribution in [0.3, 0.4) is 0 Å². The van der Waals surface area contributed by atoms with Crippen LogP contribution in [0.15, 0.2) is 16.5 Å². The van der Waals surface area contributed by atoms with Crippen molar-refractivity contribution in [2.45, 2.75) is 13.5 Å². The average Bonchev–Trinajstić information content (AvgIpc) is 2.66.